The molecule has 0 aliphatic rings. The zero-order chi connectivity index (χ0) is 16.7. The highest BCUT2D eigenvalue weighted by Crippen LogP contribution is 2.16. The fourth-order valence-corrected chi connectivity index (χ4v) is 6.53. The number of benzene rings is 2. The van der Waals surface area contributed by atoms with Crippen LogP contribution in [0.15, 0.2) is 72.8 Å². The number of rotatable bonds is 4. The summed E-state index contributed by atoms with van der Waals surface area (Å²) in [5.41, 5.74) is 4.36. The molecule has 2 nitrogen and oxygen atoms in total. The molecular weight excluding hydrogens is 300 g/mol. The molecule has 0 aliphatic heterocycles. The predicted molar refractivity (Wildman–Crippen MR) is 97.3 cm³/mol. The van der Waals surface area contributed by atoms with Crippen LogP contribution in [0.2, 0.25) is 6.04 Å². The molecule has 0 heterocycles. The van der Waals surface area contributed by atoms with Crippen molar-refractivity contribution in [1.82, 2.24) is 0 Å². The van der Waals surface area contributed by atoms with Crippen LogP contribution < -0.4 is 10.4 Å². The molecule has 0 atom stereocenters. The van der Waals surface area contributed by atoms with Gasteiger partial charge in [-0.2, -0.15) is 0 Å². The number of carbonyl (C=O) groups excluding carboxylic acids is 1. The van der Waals surface area contributed by atoms with Gasteiger partial charge in [-0.05, 0) is 23.3 Å². The molecule has 2 aromatic rings. The lowest BCUT2D eigenvalue weighted by Gasteiger charge is -2.27. The van der Waals surface area contributed by atoms with Crippen LogP contribution in [-0.2, 0) is 9.53 Å². The highest BCUT2D eigenvalue weighted by Gasteiger charge is 2.36. The lowest BCUT2D eigenvalue weighted by Crippen LogP contribution is -2.57. The maximum atomic E-state index is 11.6. The van der Waals surface area contributed by atoms with Gasteiger partial charge in [0.25, 0.3) is 0 Å². The van der Waals surface area contributed by atoms with Crippen molar-refractivity contribution in [2.75, 3.05) is 7.11 Å². The first-order valence-corrected chi connectivity index (χ1v) is 9.66. The van der Waals surface area contributed by atoms with Crippen LogP contribution in [0.1, 0.15) is 6.92 Å². The Morgan fingerprint density at radius 2 is 1.52 bits per heavy atom. The topological polar surface area (TPSA) is 26.3 Å². The second-order valence-corrected chi connectivity index (χ2v) is 9.08. The average Bonchev–Trinajstić information content (AvgIpc) is 2.59. The maximum absolute atomic E-state index is 11.6. The first kappa shape index (κ1) is 16.8. The third kappa shape index (κ3) is 4.00. The molecule has 23 heavy (non-hydrogen) atoms. The SMILES string of the molecule is C=C(C)C[Si](C#CC(=O)OC)(c1ccccc1)c1ccccc1. The third-order valence-corrected chi connectivity index (χ3v) is 7.99. The van der Waals surface area contributed by atoms with E-state index in [0.29, 0.717) is 0 Å². The van der Waals surface area contributed by atoms with Crippen molar-refractivity contribution in [3.63, 3.8) is 0 Å². The summed E-state index contributed by atoms with van der Waals surface area (Å²) >= 11 is 0. The van der Waals surface area contributed by atoms with Crippen molar-refractivity contribution in [2.24, 2.45) is 0 Å². The van der Waals surface area contributed by atoms with E-state index in [1.54, 1.807) is 0 Å². The number of hydrogen-bond acceptors (Lipinski definition) is 2. The van der Waals surface area contributed by atoms with Gasteiger partial charge in [-0.1, -0.05) is 66.2 Å². The summed E-state index contributed by atoms with van der Waals surface area (Å²) in [6, 6.07) is 21.2. The quantitative estimate of drug-likeness (QED) is 0.374. The summed E-state index contributed by atoms with van der Waals surface area (Å²) in [5.74, 6) is 2.18. The molecular formula is C20H20O2Si. The molecule has 0 fully saturated rings. The molecule has 0 bridgehead atoms. The van der Waals surface area contributed by atoms with Gasteiger partial charge in [0.15, 0.2) is 0 Å². The first-order valence-electron chi connectivity index (χ1n) is 7.45. The van der Waals surface area contributed by atoms with E-state index in [1.165, 1.54) is 17.5 Å². The van der Waals surface area contributed by atoms with Crippen molar-refractivity contribution >= 4 is 24.4 Å². The van der Waals surface area contributed by atoms with E-state index in [-0.39, 0.29) is 0 Å². The fourth-order valence-electron chi connectivity index (χ4n) is 2.67. The summed E-state index contributed by atoms with van der Waals surface area (Å²) < 4.78 is 4.71. The summed E-state index contributed by atoms with van der Waals surface area (Å²) in [4.78, 5) is 11.6. The third-order valence-electron chi connectivity index (χ3n) is 3.66. The first-order chi connectivity index (χ1) is 11.1. The van der Waals surface area contributed by atoms with Crippen LogP contribution in [0.3, 0.4) is 0 Å². The standard InChI is InChI=1S/C20H20O2Si/c1-17(2)16-23(15-14-20(21)22-3,18-10-6-4-7-11-18)19-12-8-5-9-13-19/h4-13H,1,16H2,2-3H3. The molecule has 0 aromatic heterocycles. The highest BCUT2D eigenvalue weighted by molar-refractivity contribution is 7.08. The van der Waals surface area contributed by atoms with Gasteiger partial charge in [-0.15, -0.1) is 12.1 Å². The second kappa shape index (κ2) is 7.62. The lowest BCUT2D eigenvalue weighted by molar-refractivity contribution is -0.133. The molecule has 3 heteroatoms. The maximum Gasteiger partial charge on any atom is 0.383 e. The van der Waals surface area contributed by atoms with Crippen LogP contribution in [0.4, 0.5) is 0 Å². The normalized spacial score (nSPS) is 10.3. The van der Waals surface area contributed by atoms with Gasteiger partial charge in [0.05, 0.1) is 7.11 Å². The Hall–Kier alpha value is -2.57. The molecule has 0 spiro atoms. The van der Waals surface area contributed by atoms with Crippen molar-refractivity contribution in [2.45, 2.75) is 13.0 Å². The molecule has 0 N–H and O–H groups in total. The average molecular weight is 320 g/mol. The van der Waals surface area contributed by atoms with E-state index in [9.17, 15) is 4.79 Å². The van der Waals surface area contributed by atoms with Gasteiger partial charge in [0, 0.05) is 5.92 Å². The molecule has 0 aliphatic carbocycles. The molecule has 0 saturated carbocycles. The largest absolute Gasteiger partial charge is 0.459 e. The minimum atomic E-state index is -2.45. The predicted octanol–water partition coefficient (Wildman–Crippen LogP) is 2.54. The van der Waals surface area contributed by atoms with Crippen LogP contribution in [0, 0.1) is 11.5 Å². The van der Waals surface area contributed by atoms with Crippen LogP contribution in [0.5, 0.6) is 0 Å². The molecule has 116 valence electrons. The number of methoxy groups -OCH3 is 1. The van der Waals surface area contributed by atoms with Gasteiger partial charge < -0.3 is 4.74 Å². The Morgan fingerprint density at radius 3 is 1.91 bits per heavy atom. The van der Waals surface area contributed by atoms with Gasteiger partial charge in [-0.3, -0.25) is 0 Å². The molecule has 0 amide bonds. The van der Waals surface area contributed by atoms with Crippen LogP contribution in [0.25, 0.3) is 0 Å². The zero-order valence-electron chi connectivity index (χ0n) is 13.5. The van der Waals surface area contributed by atoms with E-state index >= 15 is 0 Å². The van der Waals surface area contributed by atoms with Crippen molar-refractivity contribution in [1.29, 1.82) is 0 Å². The van der Waals surface area contributed by atoms with E-state index in [4.69, 9.17) is 4.74 Å². The Labute approximate surface area is 138 Å². The highest BCUT2D eigenvalue weighted by atomic mass is 28.3. The van der Waals surface area contributed by atoms with E-state index in [2.05, 4.69) is 42.3 Å². The summed E-state index contributed by atoms with van der Waals surface area (Å²) in [7, 11) is -1.10. The van der Waals surface area contributed by atoms with Gasteiger partial charge in [0.1, 0.15) is 0 Å². The zero-order valence-corrected chi connectivity index (χ0v) is 14.5. The Kier molecular flexibility index (Phi) is 5.56. The smallest absolute Gasteiger partial charge is 0.383 e. The van der Waals surface area contributed by atoms with E-state index < -0.39 is 14.0 Å². The second-order valence-electron chi connectivity index (χ2n) is 5.51. The lowest BCUT2D eigenvalue weighted by atomic mass is 10.4. The Morgan fingerprint density at radius 1 is 1.04 bits per heavy atom. The minimum absolute atomic E-state index is 0.504. The number of ether oxygens (including phenoxy) is 1. The van der Waals surface area contributed by atoms with Gasteiger partial charge in [-0.25, -0.2) is 4.79 Å². The van der Waals surface area contributed by atoms with Crippen LogP contribution >= 0.6 is 0 Å². The molecule has 0 unspecified atom stereocenters. The number of esters is 1. The molecule has 0 saturated heterocycles. The minimum Gasteiger partial charge on any atom is -0.459 e. The fraction of sp³-hybridized carbons (Fsp3) is 0.150. The van der Waals surface area contributed by atoms with E-state index in [1.807, 2.05) is 43.3 Å². The Bertz CT molecular complexity index is 700. The monoisotopic (exact) mass is 320 g/mol. The molecule has 0 radical (unpaired) electrons. The van der Waals surface area contributed by atoms with Crippen molar-refractivity contribution in [3.05, 3.63) is 72.8 Å². The van der Waals surface area contributed by atoms with Gasteiger partial charge >= 0.3 is 5.97 Å². The van der Waals surface area contributed by atoms with E-state index in [0.717, 1.165) is 11.6 Å². The van der Waals surface area contributed by atoms with Crippen molar-refractivity contribution < 1.29 is 9.53 Å². The number of carbonyl (C=O) groups is 1. The van der Waals surface area contributed by atoms with Gasteiger partial charge in [0.2, 0.25) is 8.07 Å². The Balaban J connectivity index is 2.70. The molecule has 2 aromatic carbocycles. The number of allylic oxidation sites excluding steroid dienone is 1. The number of hydrogen-bond donors (Lipinski definition) is 0. The van der Waals surface area contributed by atoms with Crippen LogP contribution in [-0.4, -0.2) is 21.2 Å². The summed E-state index contributed by atoms with van der Waals surface area (Å²) in [6.07, 6.45) is 0. The summed E-state index contributed by atoms with van der Waals surface area (Å²) in [6.45, 7) is 6.10. The van der Waals surface area contributed by atoms with Crippen molar-refractivity contribution in [3.8, 4) is 11.5 Å². The summed E-state index contributed by atoms with van der Waals surface area (Å²) in [5, 5.41) is 2.34. The molecule has 2 rings (SSSR count).